The molecule has 5 rings (SSSR count). The Morgan fingerprint density at radius 3 is 2.50 bits per heavy atom. The van der Waals surface area contributed by atoms with E-state index in [1.54, 1.807) is 32.1 Å². The van der Waals surface area contributed by atoms with E-state index in [1.807, 2.05) is 0 Å². The van der Waals surface area contributed by atoms with E-state index in [-0.39, 0.29) is 0 Å². The van der Waals surface area contributed by atoms with E-state index in [0.717, 1.165) is 28.1 Å². The molecule has 4 saturated carbocycles. The molecular weight excluding hydrogens is 242 g/mol. The topological polar surface area (TPSA) is 3.24 Å². The van der Waals surface area contributed by atoms with E-state index >= 15 is 0 Å². The normalized spacial score (nSPS) is 59.0. The number of hydrogen-bond acceptors (Lipinski definition) is 1. The highest BCUT2D eigenvalue weighted by Crippen LogP contribution is 2.89. The highest BCUT2D eigenvalue weighted by Gasteiger charge is 2.82. The molecule has 0 amide bonds. The van der Waals surface area contributed by atoms with Crippen LogP contribution in [0.5, 0.6) is 0 Å². The summed E-state index contributed by atoms with van der Waals surface area (Å²) >= 11 is 0. The fourth-order valence-electron chi connectivity index (χ4n) is 8.30. The van der Waals surface area contributed by atoms with Crippen molar-refractivity contribution in [1.29, 1.82) is 0 Å². The molecule has 4 aliphatic carbocycles. The lowest BCUT2D eigenvalue weighted by Gasteiger charge is -2.72. The highest BCUT2D eigenvalue weighted by atomic mass is 15.2. The van der Waals surface area contributed by atoms with Gasteiger partial charge in [-0.2, -0.15) is 0 Å². The fraction of sp³-hybridized carbons (Fsp3) is 1.00. The summed E-state index contributed by atoms with van der Waals surface area (Å²) in [4.78, 5) is 2.86. The summed E-state index contributed by atoms with van der Waals surface area (Å²) in [5.74, 6) is 2.29. The minimum atomic E-state index is 0.564. The monoisotopic (exact) mass is 273 g/mol. The first kappa shape index (κ1) is 12.5. The predicted molar refractivity (Wildman–Crippen MR) is 82.5 cm³/mol. The molecule has 2 bridgehead atoms. The van der Waals surface area contributed by atoms with Crippen molar-refractivity contribution in [1.82, 2.24) is 4.90 Å². The van der Waals surface area contributed by atoms with Crippen LogP contribution >= 0.6 is 0 Å². The van der Waals surface area contributed by atoms with Gasteiger partial charge in [0.05, 0.1) is 0 Å². The Kier molecular flexibility index (Phi) is 2.07. The molecule has 0 aromatic heterocycles. The van der Waals surface area contributed by atoms with Crippen molar-refractivity contribution in [2.24, 2.45) is 33.5 Å². The van der Waals surface area contributed by atoms with Gasteiger partial charge in [0.15, 0.2) is 0 Å². The van der Waals surface area contributed by atoms with Crippen LogP contribution in [0.25, 0.3) is 0 Å². The maximum Gasteiger partial charge on any atom is 0.00387 e. The number of nitrogens with zero attached hydrogens (tertiary/aromatic N) is 1. The smallest absolute Gasteiger partial charge is 0.00387 e. The van der Waals surface area contributed by atoms with Crippen LogP contribution in [-0.2, 0) is 0 Å². The Hall–Kier alpha value is -0.0400. The molecule has 1 spiro atoms. The number of rotatable bonds is 2. The number of hydrogen-bond donors (Lipinski definition) is 0. The molecule has 112 valence electrons. The van der Waals surface area contributed by atoms with Crippen molar-refractivity contribution >= 4 is 0 Å². The van der Waals surface area contributed by atoms with Crippen LogP contribution in [-0.4, -0.2) is 24.5 Å². The first-order chi connectivity index (χ1) is 9.37. The standard InChI is InChI=1S/C19H31N/c1-16(2)5-4-6-20(12-16)13-18-9-15-7-14-8-17(3,10-18)19(14,15)11-18/h14-15H,4-13H2,1-3H3. The summed E-state index contributed by atoms with van der Waals surface area (Å²) in [6, 6.07) is 0. The molecule has 1 nitrogen and oxygen atoms in total. The maximum atomic E-state index is 2.86. The Balaban J connectivity index is 1.38. The fourth-order valence-corrected chi connectivity index (χ4v) is 8.30. The van der Waals surface area contributed by atoms with Crippen LogP contribution < -0.4 is 0 Å². The van der Waals surface area contributed by atoms with Crippen LogP contribution in [0.4, 0.5) is 0 Å². The van der Waals surface area contributed by atoms with Gasteiger partial charge in [-0.15, -0.1) is 0 Å². The predicted octanol–water partition coefficient (Wildman–Crippen LogP) is 4.32. The van der Waals surface area contributed by atoms with Crippen molar-refractivity contribution < 1.29 is 0 Å². The Labute approximate surface area is 124 Å². The molecule has 20 heavy (non-hydrogen) atoms. The van der Waals surface area contributed by atoms with Crippen molar-refractivity contribution in [3.05, 3.63) is 0 Å². The molecule has 0 aromatic rings. The van der Waals surface area contributed by atoms with Gasteiger partial charge in [-0.25, -0.2) is 0 Å². The number of likely N-dealkylation sites (tertiary alicyclic amines) is 1. The lowest BCUT2D eigenvalue weighted by Crippen LogP contribution is -2.65. The molecule has 0 aromatic carbocycles. The molecule has 1 heterocycles. The van der Waals surface area contributed by atoms with Crippen molar-refractivity contribution in [3.63, 3.8) is 0 Å². The van der Waals surface area contributed by atoms with Crippen LogP contribution in [0.1, 0.15) is 65.7 Å². The lowest BCUT2D eigenvalue weighted by atomic mass is 9.32. The van der Waals surface area contributed by atoms with Crippen LogP contribution in [0.3, 0.4) is 0 Å². The molecule has 5 unspecified atom stereocenters. The lowest BCUT2D eigenvalue weighted by molar-refractivity contribution is -0.237. The summed E-state index contributed by atoms with van der Waals surface area (Å²) < 4.78 is 0. The first-order valence-electron chi connectivity index (χ1n) is 9.09. The van der Waals surface area contributed by atoms with Crippen molar-refractivity contribution in [3.8, 4) is 0 Å². The zero-order chi connectivity index (χ0) is 13.8. The molecular formula is C19H31N. The minimum absolute atomic E-state index is 0.564. The second kappa shape index (κ2) is 3.31. The summed E-state index contributed by atoms with van der Waals surface area (Å²) in [7, 11) is 0. The maximum absolute atomic E-state index is 2.86. The van der Waals surface area contributed by atoms with Gasteiger partial charge in [0.25, 0.3) is 0 Å². The van der Waals surface area contributed by atoms with Crippen LogP contribution in [0.15, 0.2) is 0 Å². The SMILES string of the molecule is CC1(C)CCCN(CC23CC4CC5CC(C)(C2)C45C3)C1. The largest absolute Gasteiger partial charge is 0.302 e. The highest BCUT2D eigenvalue weighted by molar-refractivity contribution is 5.31. The number of piperidine rings is 1. The molecule has 5 fully saturated rings. The van der Waals surface area contributed by atoms with E-state index in [0.29, 0.717) is 5.41 Å². The van der Waals surface area contributed by atoms with Gasteiger partial charge in [-0.05, 0) is 85.0 Å². The number of fused-ring (bicyclic) bond motifs is 1. The van der Waals surface area contributed by atoms with Crippen LogP contribution in [0.2, 0.25) is 0 Å². The van der Waals surface area contributed by atoms with E-state index in [1.165, 1.54) is 32.5 Å². The summed E-state index contributed by atoms with van der Waals surface area (Å²) in [6.07, 6.45) is 10.8. The summed E-state index contributed by atoms with van der Waals surface area (Å²) in [6.45, 7) is 11.8. The van der Waals surface area contributed by atoms with Gasteiger partial charge in [0.2, 0.25) is 0 Å². The van der Waals surface area contributed by atoms with E-state index in [9.17, 15) is 0 Å². The average Bonchev–Trinajstić information content (AvgIpc) is 2.71. The molecule has 0 radical (unpaired) electrons. The van der Waals surface area contributed by atoms with Crippen LogP contribution in [0, 0.1) is 33.5 Å². The molecule has 1 heteroatoms. The van der Waals surface area contributed by atoms with Crippen molar-refractivity contribution in [2.75, 3.05) is 19.6 Å². The van der Waals surface area contributed by atoms with Gasteiger partial charge in [-0.3, -0.25) is 0 Å². The zero-order valence-electron chi connectivity index (χ0n) is 13.7. The van der Waals surface area contributed by atoms with Gasteiger partial charge in [0.1, 0.15) is 0 Å². The van der Waals surface area contributed by atoms with Crippen molar-refractivity contribution in [2.45, 2.75) is 65.7 Å². The van der Waals surface area contributed by atoms with Gasteiger partial charge >= 0.3 is 0 Å². The zero-order valence-corrected chi connectivity index (χ0v) is 13.7. The average molecular weight is 273 g/mol. The molecule has 1 aliphatic heterocycles. The molecule has 5 atom stereocenters. The third-order valence-electron chi connectivity index (χ3n) is 8.50. The van der Waals surface area contributed by atoms with Gasteiger partial charge in [0, 0.05) is 13.1 Å². The molecule has 5 aliphatic rings. The van der Waals surface area contributed by atoms with E-state index < -0.39 is 0 Å². The van der Waals surface area contributed by atoms with E-state index in [4.69, 9.17) is 0 Å². The summed E-state index contributed by atoms with van der Waals surface area (Å²) in [5.41, 5.74) is 2.93. The Morgan fingerprint density at radius 1 is 1.05 bits per heavy atom. The van der Waals surface area contributed by atoms with Gasteiger partial charge < -0.3 is 4.90 Å². The first-order valence-corrected chi connectivity index (χ1v) is 9.09. The second-order valence-electron chi connectivity index (χ2n) is 10.5. The Morgan fingerprint density at radius 2 is 1.85 bits per heavy atom. The molecule has 0 N–H and O–H groups in total. The minimum Gasteiger partial charge on any atom is -0.302 e. The third kappa shape index (κ3) is 1.26. The van der Waals surface area contributed by atoms with E-state index in [2.05, 4.69) is 25.7 Å². The molecule has 1 saturated heterocycles. The Bertz CT molecular complexity index is 468. The summed E-state index contributed by atoms with van der Waals surface area (Å²) in [5, 5.41) is 0. The second-order valence-corrected chi connectivity index (χ2v) is 10.5. The quantitative estimate of drug-likeness (QED) is 0.724. The third-order valence-corrected chi connectivity index (χ3v) is 8.50. The van der Waals surface area contributed by atoms with Gasteiger partial charge in [-0.1, -0.05) is 20.8 Å².